The molecule has 4 rings (SSSR count). The molecule has 5 nitrogen and oxygen atoms in total. The number of aromatic amines is 1. The largest absolute Gasteiger partial charge is 0.356 e. The molecule has 1 saturated carbocycles. The van der Waals surface area contributed by atoms with Gasteiger partial charge in [0.25, 0.3) is 0 Å². The van der Waals surface area contributed by atoms with Crippen molar-refractivity contribution < 1.29 is 0 Å². The Kier molecular flexibility index (Phi) is 7.30. The smallest absolute Gasteiger partial charge is 0.193 e. The van der Waals surface area contributed by atoms with Crippen LogP contribution in [0.2, 0.25) is 0 Å². The first-order valence-electron chi connectivity index (χ1n) is 9.80. The average molecular weight is 501 g/mol. The molecule has 1 aromatic heterocycles. The summed E-state index contributed by atoms with van der Waals surface area (Å²) in [5, 5.41) is 3.52. The fourth-order valence-electron chi connectivity index (χ4n) is 3.70. The minimum atomic E-state index is 0. The van der Waals surface area contributed by atoms with Gasteiger partial charge in [0, 0.05) is 20.6 Å². The number of aliphatic imine (C=N–C) groups is 1. The second-order valence-corrected chi connectivity index (χ2v) is 7.41. The van der Waals surface area contributed by atoms with Gasteiger partial charge in [-0.2, -0.15) is 0 Å². The van der Waals surface area contributed by atoms with Gasteiger partial charge in [0.2, 0.25) is 0 Å². The topological polar surface area (TPSA) is 56.3 Å². The number of hydrogen-bond donors (Lipinski definition) is 2. The molecule has 3 aromatic rings. The third kappa shape index (κ3) is 5.38. The molecule has 1 heterocycles. The van der Waals surface area contributed by atoms with E-state index in [2.05, 4.69) is 67.6 Å². The fraction of sp³-hybridized carbons (Fsp3) is 0.304. The average Bonchev–Trinajstić information content (AvgIpc) is 3.37. The fourth-order valence-corrected chi connectivity index (χ4v) is 3.70. The molecule has 0 saturated heterocycles. The van der Waals surface area contributed by atoms with Crippen LogP contribution in [0.15, 0.2) is 71.9 Å². The number of aromatic nitrogens is 2. The zero-order valence-electron chi connectivity index (χ0n) is 16.9. The van der Waals surface area contributed by atoms with Gasteiger partial charge in [-0.25, -0.2) is 4.98 Å². The van der Waals surface area contributed by atoms with Gasteiger partial charge >= 0.3 is 0 Å². The van der Waals surface area contributed by atoms with Gasteiger partial charge < -0.3 is 15.2 Å². The molecule has 2 atom stereocenters. The van der Waals surface area contributed by atoms with Crippen LogP contribution in [0.3, 0.4) is 0 Å². The molecular weight excluding hydrogens is 473 g/mol. The Hall–Kier alpha value is -2.35. The Labute approximate surface area is 189 Å². The summed E-state index contributed by atoms with van der Waals surface area (Å²) in [6, 6.07) is 21.0. The monoisotopic (exact) mass is 501 g/mol. The van der Waals surface area contributed by atoms with Crippen molar-refractivity contribution in [3.05, 3.63) is 78.2 Å². The lowest BCUT2D eigenvalue weighted by molar-refractivity contribution is 0.461. The molecule has 152 valence electrons. The summed E-state index contributed by atoms with van der Waals surface area (Å²) in [5.41, 5.74) is 3.63. The van der Waals surface area contributed by atoms with Gasteiger partial charge in [-0.3, -0.25) is 4.99 Å². The molecule has 1 fully saturated rings. The molecule has 2 N–H and O–H groups in total. The number of rotatable bonds is 6. The summed E-state index contributed by atoms with van der Waals surface area (Å²) < 4.78 is 0. The van der Waals surface area contributed by atoms with Crippen molar-refractivity contribution >= 4 is 29.9 Å². The number of nitrogens with one attached hydrogen (secondary N) is 2. The zero-order valence-corrected chi connectivity index (χ0v) is 19.2. The lowest BCUT2D eigenvalue weighted by atomic mass is 10.1. The predicted molar refractivity (Wildman–Crippen MR) is 130 cm³/mol. The Balaban J connectivity index is 0.00000240. The second kappa shape index (κ2) is 9.91. The van der Waals surface area contributed by atoms with Crippen LogP contribution in [0, 0.1) is 5.92 Å². The van der Waals surface area contributed by atoms with Gasteiger partial charge in [-0.15, -0.1) is 24.0 Å². The third-order valence-corrected chi connectivity index (χ3v) is 5.35. The maximum absolute atomic E-state index is 4.53. The van der Waals surface area contributed by atoms with Crippen LogP contribution in [0.25, 0.3) is 11.3 Å². The van der Waals surface area contributed by atoms with Crippen LogP contribution in [0.4, 0.5) is 0 Å². The third-order valence-electron chi connectivity index (χ3n) is 5.35. The van der Waals surface area contributed by atoms with Gasteiger partial charge in [0.05, 0.1) is 18.4 Å². The van der Waals surface area contributed by atoms with Gasteiger partial charge in [0.15, 0.2) is 5.96 Å². The first-order chi connectivity index (χ1) is 13.7. The summed E-state index contributed by atoms with van der Waals surface area (Å²) in [7, 11) is 3.87. The highest BCUT2D eigenvalue weighted by Crippen LogP contribution is 2.46. The van der Waals surface area contributed by atoms with E-state index in [1.54, 1.807) is 0 Å². The maximum atomic E-state index is 4.53. The highest BCUT2D eigenvalue weighted by molar-refractivity contribution is 14.0. The molecule has 0 radical (unpaired) electrons. The van der Waals surface area contributed by atoms with E-state index >= 15 is 0 Å². The van der Waals surface area contributed by atoms with Crippen molar-refractivity contribution in [2.24, 2.45) is 10.9 Å². The number of hydrogen-bond acceptors (Lipinski definition) is 2. The van der Waals surface area contributed by atoms with E-state index in [1.807, 2.05) is 38.5 Å². The summed E-state index contributed by atoms with van der Waals surface area (Å²) in [6.45, 7) is 1.63. The quantitative estimate of drug-likeness (QED) is 0.297. The van der Waals surface area contributed by atoms with Gasteiger partial charge in [-0.1, -0.05) is 60.7 Å². The molecule has 1 aliphatic rings. The summed E-state index contributed by atoms with van der Waals surface area (Å²) in [5.74, 6) is 3.19. The normalized spacial score (nSPS) is 18.1. The van der Waals surface area contributed by atoms with E-state index in [1.165, 1.54) is 12.0 Å². The van der Waals surface area contributed by atoms with Crippen LogP contribution in [0.5, 0.6) is 0 Å². The van der Waals surface area contributed by atoms with Gasteiger partial charge in [0.1, 0.15) is 5.82 Å². The Morgan fingerprint density at radius 3 is 2.52 bits per heavy atom. The van der Waals surface area contributed by atoms with E-state index in [4.69, 9.17) is 0 Å². The first kappa shape index (κ1) is 21.4. The number of H-pyrrole nitrogens is 1. The van der Waals surface area contributed by atoms with Crippen LogP contribution >= 0.6 is 24.0 Å². The van der Waals surface area contributed by atoms with Crippen molar-refractivity contribution in [3.63, 3.8) is 0 Å². The lowest BCUT2D eigenvalue weighted by Crippen LogP contribution is -2.39. The SMILES string of the molecule is CN=C(NCC1CC1c1ccccc1)N(C)Cc1ncc(-c2ccccc2)[nH]1.I. The van der Waals surface area contributed by atoms with E-state index in [9.17, 15) is 0 Å². The lowest BCUT2D eigenvalue weighted by Gasteiger charge is -2.21. The number of benzene rings is 2. The summed E-state index contributed by atoms with van der Waals surface area (Å²) in [6.07, 6.45) is 3.14. The van der Waals surface area contributed by atoms with Crippen molar-refractivity contribution in [1.82, 2.24) is 20.2 Å². The van der Waals surface area contributed by atoms with Crippen molar-refractivity contribution in [1.29, 1.82) is 0 Å². The highest BCUT2D eigenvalue weighted by Gasteiger charge is 2.37. The number of halogens is 1. The van der Waals surface area contributed by atoms with E-state index in [0.29, 0.717) is 18.4 Å². The van der Waals surface area contributed by atoms with Crippen LogP contribution in [0.1, 0.15) is 23.7 Å². The van der Waals surface area contributed by atoms with E-state index < -0.39 is 0 Å². The molecule has 2 aromatic carbocycles. The molecule has 0 aliphatic heterocycles. The number of guanidine groups is 1. The van der Waals surface area contributed by atoms with Crippen LogP contribution in [-0.4, -0.2) is 41.5 Å². The maximum Gasteiger partial charge on any atom is 0.193 e. The molecular formula is C23H28IN5. The minimum absolute atomic E-state index is 0. The molecule has 6 heteroatoms. The Morgan fingerprint density at radius 1 is 1.14 bits per heavy atom. The molecule has 0 amide bonds. The first-order valence-corrected chi connectivity index (χ1v) is 9.80. The molecule has 1 aliphatic carbocycles. The molecule has 29 heavy (non-hydrogen) atoms. The van der Waals surface area contributed by atoms with Crippen molar-refractivity contribution in [2.45, 2.75) is 18.9 Å². The molecule has 0 bridgehead atoms. The molecule has 2 unspecified atom stereocenters. The molecule has 0 spiro atoms. The Morgan fingerprint density at radius 2 is 1.83 bits per heavy atom. The van der Waals surface area contributed by atoms with Crippen molar-refractivity contribution in [2.75, 3.05) is 20.6 Å². The number of imidazole rings is 1. The standard InChI is InChI=1S/C23H27N5.HI/c1-24-23(26-14-19-13-20(19)17-9-5-3-6-10-17)28(2)16-22-25-15-21(27-22)18-11-7-4-8-12-18;/h3-12,15,19-20H,13-14,16H2,1-2H3,(H,24,26)(H,25,27);1H. The predicted octanol–water partition coefficient (Wildman–Crippen LogP) is 4.51. The second-order valence-electron chi connectivity index (χ2n) is 7.41. The number of nitrogens with zero attached hydrogens (tertiary/aromatic N) is 3. The highest BCUT2D eigenvalue weighted by atomic mass is 127. The minimum Gasteiger partial charge on any atom is -0.356 e. The van der Waals surface area contributed by atoms with E-state index in [-0.39, 0.29) is 24.0 Å². The Bertz CT molecular complexity index is 923. The zero-order chi connectivity index (χ0) is 19.3. The van der Waals surface area contributed by atoms with Gasteiger partial charge in [-0.05, 0) is 29.4 Å². The summed E-state index contributed by atoms with van der Waals surface area (Å²) in [4.78, 5) is 14.5. The van der Waals surface area contributed by atoms with Crippen LogP contribution < -0.4 is 5.32 Å². The van der Waals surface area contributed by atoms with Crippen LogP contribution in [-0.2, 0) is 6.54 Å². The summed E-state index contributed by atoms with van der Waals surface area (Å²) >= 11 is 0. The van der Waals surface area contributed by atoms with Crippen molar-refractivity contribution in [3.8, 4) is 11.3 Å². The van der Waals surface area contributed by atoms with E-state index in [0.717, 1.165) is 29.6 Å².